The van der Waals surface area contributed by atoms with E-state index in [2.05, 4.69) is 144 Å². The summed E-state index contributed by atoms with van der Waals surface area (Å²) < 4.78 is 0. The van der Waals surface area contributed by atoms with Crippen molar-refractivity contribution in [3.8, 4) is 0 Å². The minimum atomic E-state index is 0.305. The molecule has 4 aliphatic carbocycles. The van der Waals surface area contributed by atoms with Crippen molar-refractivity contribution < 1.29 is 0 Å². The third kappa shape index (κ3) is 4.17. The molecule has 0 saturated carbocycles. The summed E-state index contributed by atoms with van der Waals surface area (Å²) in [6.07, 6.45) is 31.1. The summed E-state index contributed by atoms with van der Waals surface area (Å²) in [5.41, 5.74) is 6.71. The van der Waals surface area contributed by atoms with Crippen molar-refractivity contribution in [1.29, 1.82) is 0 Å². The van der Waals surface area contributed by atoms with Crippen molar-refractivity contribution in [1.82, 2.24) is 0 Å². The van der Waals surface area contributed by atoms with Crippen LogP contribution in [0.5, 0.6) is 0 Å². The minimum Gasteiger partial charge on any atom is -0.356 e. The maximum atomic E-state index is 2.71. The SMILES string of the molecule is C1=CC(C2=CC3SC4C=C(c5ccccc5)C=CC4N(c4ccc5ccc6c(c5c4)=CCCC=6)C3C=C2)=CCC1. The zero-order chi connectivity index (χ0) is 26.5. The Kier molecular flexibility index (Phi) is 6.03. The molecular formula is C38H33NS. The van der Waals surface area contributed by atoms with Gasteiger partial charge < -0.3 is 4.90 Å². The number of nitrogens with zero attached hydrogens (tertiary/aromatic N) is 1. The highest BCUT2D eigenvalue weighted by molar-refractivity contribution is 8.01. The van der Waals surface area contributed by atoms with Crippen LogP contribution in [0, 0.1) is 0 Å². The normalized spacial score (nSPS) is 26.5. The largest absolute Gasteiger partial charge is 0.356 e. The molecule has 196 valence electrons. The van der Waals surface area contributed by atoms with Crippen LogP contribution < -0.4 is 15.3 Å². The molecule has 0 amide bonds. The van der Waals surface area contributed by atoms with E-state index in [1.54, 1.807) is 0 Å². The van der Waals surface area contributed by atoms with Crippen LogP contribution in [0.4, 0.5) is 5.69 Å². The summed E-state index contributed by atoms with van der Waals surface area (Å²) in [7, 11) is 0. The first-order chi connectivity index (χ1) is 19.8. The Morgan fingerprint density at radius 1 is 0.650 bits per heavy atom. The zero-order valence-corrected chi connectivity index (χ0v) is 23.4. The molecule has 1 aliphatic heterocycles. The molecule has 1 saturated heterocycles. The molecule has 8 rings (SSSR count). The Morgan fingerprint density at radius 3 is 2.23 bits per heavy atom. The van der Waals surface area contributed by atoms with Gasteiger partial charge in [-0.05, 0) is 81.3 Å². The van der Waals surface area contributed by atoms with Crippen molar-refractivity contribution in [3.05, 3.63) is 142 Å². The first-order valence-corrected chi connectivity index (χ1v) is 15.7. The fourth-order valence-electron chi connectivity index (χ4n) is 6.98. The van der Waals surface area contributed by atoms with Crippen molar-refractivity contribution in [2.24, 2.45) is 0 Å². The number of rotatable bonds is 3. The molecule has 40 heavy (non-hydrogen) atoms. The summed E-state index contributed by atoms with van der Waals surface area (Å²) >= 11 is 2.13. The third-order valence-corrected chi connectivity index (χ3v) is 10.4. The van der Waals surface area contributed by atoms with Gasteiger partial charge in [0.25, 0.3) is 0 Å². The van der Waals surface area contributed by atoms with Crippen LogP contribution in [0.15, 0.2) is 126 Å². The number of hydrogen-bond donors (Lipinski definition) is 0. The number of thioether (sulfide) groups is 1. The van der Waals surface area contributed by atoms with Gasteiger partial charge in [-0.1, -0.05) is 115 Å². The van der Waals surface area contributed by atoms with Gasteiger partial charge in [-0.2, -0.15) is 0 Å². The molecule has 0 N–H and O–H groups in total. The predicted molar refractivity (Wildman–Crippen MR) is 174 cm³/mol. The highest BCUT2D eigenvalue weighted by Gasteiger charge is 2.42. The van der Waals surface area contributed by atoms with Gasteiger partial charge in [0, 0.05) is 16.2 Å². The Morgan fingerprint density at radius 2 is 1.40 bits per heavy atom. The lowest BCUT2D eigenvalue weighted by atomic mass is 9.89. The molecule has 0 bridgehead atoms. The van der Waals surface area contributed by atoms with E-state index in [4.69, 9.17) is 0 Å². The molecule has 0 aromatic heterocycles. The summed E-state index contributed by atoms with van der Waals surface area (Å²) in [6, 6.07) is 23.2. The van der Waals surface area contributed by atoms with E-state index < -0.39 is 0 Å². The third-order valence-electron chi connectivity index (χ3n) is 8.96. The Hall–Kier alpha value is -3.75. The highest BCUT2D eigenvalue weighted by Crippen LogP contribution is 2.45. The number of anilines is 1. The average Bonchev–Trinajstić information content (AvgIpc) is 3.03. The lowest BCUT2D eigenvalue weighted by molar-refractivity contribution is 0.604. The van der Waals surface area contributed by atoms with E-state index in [0.717, 1.165) is 25.7 Å². The van der Waals surface area contributed by atoms with Gasteiger partial charge in [-0.15, -0.1) is 11.8 Å². The molecule has 1 fully saturated rings. The van der Waals surface area contributed by atoms with Crippen molar-refractivity contribution in [3.63, 3.8) is 0 Å². The Bertz CT molecular complexity index is 1800. The summed E-state index contributed by atoms with van der Waals surface area (Å²) in [5.74, 6) is 0. The molecule has 4 unspecified atom stereocenters. The van der Waals surface area contributed by atoms with E-state index in [9.17, 15) is 0 Å². The van der Waals surface area contributed by atoms with Crippen LogP contribution in [0.1, 0.15) is 31.2 Å². The van der Waals surface area contributed by atoms with Crippen LogP contribution in [-0.2, 0) is 0 Å². The van der Waals surface area contributed by atoms with Crippen LogP contribution in [0.25, 0.3) is 28.5 Å². The van der Waals surface area contributed by atoms with E-state index >= 15 is 0 Å². The second-order valence-electron chi connectivity index (χ2n) is 11.4. The summed E-state index contributed by atoms with van der Waals surface area (Å²) in [4.78, 5) is 2.71. The van der Waals surface area contributed by atoms with Gasteiger partial charge >= 0.3 is 0 Å². The monoisotopic (exact) mass is 535 g/mol. The number of benzene rings is 3. The first-order valence-electron chi connectivity index (χ1n) is 14.7. The second kappa shape index (κ2) is 10.0. The Labute approximate surface area is 241 Å². The maximum Gasteiger partial charge on any atom is 0.0637 e. The molecule has 2 heteroatoms. The minimum absolute atomic E-state index is 0.305. The van der Waals surface area contributed by atoms with E-state index in [1.165, 1.54) is 49.2 Å². The van der Waals surface area contributed by atoms with Crippen LogP contribution in [0.3, 0.4) is 0 Å². The molecule has 0 radical (unpaired) electrons. The van der Waals surface area contributed by atoms with Gasteiger partial charge in [0.05, 0.1) is 12.1 Å². The van der Waals surface area contributed by atoms with Gasteiger partial charge in [0.15, 0.2) is 0 Å². The molecule has 3 aromatic carbocycles. The van der Waals surface area contributed by atoms with Crippen molar-refractivity contribution in [2.45, 2.75) is 48.3 Å². The summed E-state index contributed by atoms with van der Waals surface area (Å²) in [6.45, 7) is 0. The topological polar surface area (TPSA) is 3.24 Å². The molecule has 1 nitrogen and oxygen atoms in total. The standard InChI is InChI=1S/C38H33NS/c1-3-9-26(10-4-1)30-18-21-35-37(23-30)40-38-24-31(27-11-5-2-6-12-27)19-22-36(38)39(35)32-20-17-29-16-15-28-13-7-8-14-33(28)34(29)25-32/h1,3-5,9-25,35-38H,2,6-8H2. The van der Waals surface area contributed by atoms with Crippen LogP contribution in [-0.4, -0.2) is 22.6 Å². The second-order valence-corrected chi connectivity index (χ2v) is 12.7. The fourth-order valence-corrected chi connectivity index (χ4v) is 8.55. The van der Waals surface area contributed by atoms with Gasteiger partial charge in [-0.3, -0.25) is 0 Å². The molecule has 0 spiro atoms. The van der Waals surface area contributed by atoms with Gasteiger partial charge in [0.1, 0.15) is 0 Å². The first kappa shape index (κ1) is 24.1. The molecule has 4 atom stereocenters. The molecule has 1 heterocycles. The number of allylic oxidation sites excluding steroid dienone is 8. The van der Waals surface area contributed by atoms with E-state index in [0.29, 0.717) is 22.6 Å². The van der Waals surface area contributed by atoms with Crippen molar-refractivity contribution in [2.75, 3.05) is 4.90 Å². The smallest absolute Gasteiger partial charge is 0.0637 e. The van der Waals surface area contributed by atoms with Crippen molar-refractivity contribution >= 4 is 45.9 Å². The maximum absolute atomic E-state index is 2.71. The molecule has 5 aliphatic rings. The van der Waals surface area contributed by atoms with E-state index in [-0.39, 0.29) is 0 Å². The van der Waals surface area contributed by atoms with Crippen LogP contribution >= 0.6 is 11.8 Å². The zero-order valence-electron chi connectivity index (χ0n) is 22.6. The van der Waals surface area contributed by atoms with Crippen LogP contribution in [0.2, 0.25) is 0 Å². The number of fused-ring (bicyclic) bond motifs is 5. The fraction of sp³-hybridized carbons (Fsp3) is 0.211. The van der Waals surface area contributed by atoms with Gasteiger partial charge in [0.2, 0.25) is 0 Å². The lowest BCUT2D eigenvalue weighted by Crippen LogP contribution is -2.56. The Balaban J connectivity index is 1.25. The average molecular weight is 536 g/mol. The number of hydrogen-bond acceptors (Lipinski definition) is 2. The molecule has 3 aromatic rings. The summed E-state index contributed by atoms with van der Waals surface area (Å²) in [5, 5.41) is 6.27. The van der Waals surface area contributed by atoms with E-state index in [1.807, 2.05) is 0 Å². The predicted octanol–water partition coefficient (Wildman–Crippen LogP) is 7.65. The molecular weight excluding hydrogens is 502 g/mol. The quantitative estimate of drug-likeness (QED) is 0.339. The lowest BCUT2D eigenvalue weighted by Gasteiger charge is -2.50. The highest BCUT2D eigenvalue weighted by atomic mass is 32.2. The van der Waals surface area contributed by atoms with Gasteiger partial charge in [-0.25, -0.2) is 0 Å².